The molecule has 22 heavy (non-hydrogen) atoms. The van der Waals surface area contributed by atoms with Crippen LogP contribution in [0.4, 0.5) is 4.79 Å². The molecule has 7 heteroatoms. The van der Waals surface area contributed by atoms with Crippen molar-refractivity contribution in [3.05, 3.63) is 36.7 Å². The van der Waals surface area contributed by atoms with Crippen molar-refractivity contribution in [3.63, 3.8) is 0 Å². The number of benzene rings is 1. The molecule has 2 aromatic rings. The largest absolute Gasteiger partial charge is 0.461 e. The molecule has 0 spiro atoms. The van der Waals surface area contributed by atoms with E-state index in [1.807, 2.05) is 51.1 Å². The lowest BCUT2D eigenvalue weighted by Crippen LogP contribution is -2.34. The maximum Gasteiger partial charge on any atom is 0.407 e. The van der Waals surface area contributed by atoms with Gasteiger partial charge in [-0.1, -0.05) is 18.2 Å². The molecule has 0 saturated heterocycles. The zero-order chi connectivity index (χ0) is 16.0. The lowest BCUT2D eigenvalue weighted by molar-refractivity contribution is 0.0519. The van der Waals surface area contributed by atoms with Crippen molar-refractivity contribution in [3.8, 4) is 11.7 Å². The molecule has 0 radical (unpaired) electrons. The molecule has 0 bridgehead atoms. The molecule has 0 atom stereocenters. The Morgan fingerprint density at radius 2 is 2.00 bits per heavy atom. The lowest BCUT2D eigenvalue weighted by Gasteiger charge is -2.19. The lowest BCUT2D eigenvalue weighted by atomic mass is 10.2. The molecule has 1 aromatic heterocycles. The fourth-order valence-electron chi connectivity index (χ4n) is 1.63. The van der Waals surface area contributed by atoms with Gasteiger partial charge in [0.05, 0.1) is 12.2 Å². The first-order valence-corrected chi connectivity index (χ1v) is 7.01. The summed E-state index contributed by atoms with van der Waals surface area (Å²) in [5, 5.41) is 6.80. The number of carbonyl (C=O) groups excluding carboxylic acids is 1. The van der Waals surface area contributed by atoms with Crippen LogP contribution in [0.5, 0.6) is 6.01 Å². The number of amides is 1. The summed E-state index contributed by atoms with van der Waals surface area (Å²) < 4.78 is 12.1. The van der Waals surface area contributed by atoms with E-state index in [9.17, 15) is 4.79 Å². The van der Waals surface area contributed by atoms with Crippen LogP contribution in [0, 0.1) is 0 Å². The summed E-state index contributed by atoms with van der Waals surface area (Å²) in [4.78, 5) is 15.5. The first-order valence-electron chi connectivity index (χ1n) is 7.01. The Balaban J connectivity index is 1.74. The van der Waals surface area contributed by atoms with E-state index in [4.69, 9.17) is 9.47 Å². The molecular formula is C15H20N4O3. The molecule has 118 valence electrons. The van der Waals surface area contributed by atoms with E-state index in [0.29, 0.717) is 6.54 Å². The number of aromatic nitrogens is 3. The molecule has 0 unspecified atom stereocenters. The Hall–Kier alpha value is -2.57. The number of rotatable bonds is 5. The minimum atomic E-state index is -0.513. The van der Waals surface area contributed by atoms with Crippen molar-refractivity contribution in [2.45, 2.75) is 26.4 Å². The molecule has 7 nitrogen and oxygen atoms in total. The molecule has 1 aromatic carbocycles. The fraction of sp³-hybridized carbons (Fsp3) is 0.400. The second-order valence-corrected chi connectivity index (χ2v) is 5.58. The van der Waals surface area contributed by atoms with E-state index in [-0.39, 0.29) is 12.6 Å². The summed E-state index contributed by atoms with van der Waals surface area (Å²) in [7, 11) is 0. The predicted molar refractivity (Wildman–Crippen MR) is 81.1 cm³/mol. The third-order valence-electron chi connectivity index (χ3n) is 2.49. The van der Waals surface area contributed by atoms with Crippen molar-refractivity contribution in [2.24, 2.45) is 0 Å². The molecule has 0 saturated carbocycles. The second kappa shape index (κ2) is 6.93. The number of hydrogen-bond acceptors (Lipinski definition) is 5. The van der Waals surface area contributed by atoms with Gasteiger partial charge in [-0.2, -0.15) is 4.98 Å². The van der Waals surface area contributed by atoms with E-state index in [1.54, 1.807) is 11.0 Å². The van der Waals surface area contributed by atoms with E-state index >= 15 is 0 Å². The number of ether oxygens (including phenoxy) is 2. The van der Waals surface area contributed by atoms with Crippen LogP contribution in [0.3, 0.4) is 0 Å². The maximum atomic E-state index is 11.4. The SMILES string of the molecule is CC(C)(C)OC(=O)NCCOc1ncn(-c2ccccc2)n1. The summed E-state index contributed by atoms with van der Waals surface area (Å²) in [5.41, 5.74) is 0.387. The van der Waals surface area contributed by atoms with Crippen molar-refractivity contribution < 1.29 is 14.3 Å². The molecule has 1 N–H and O–H groups in total. The smallest absolute Gasteiger partial charge is 0.407 e. The summed E-state index contributed by atoms with van der Waals surface area (Å²) in [6.45, 7) is 6.00. The van der Waals surface area contributed by atoms with E-state index in [2.05, 4.69) is 15.4 Å². The van der Waals surface area contributed by atoms with Gasteiger partial charge in [0, 0.05) is 0 Å². The average molecular weight is 304 g/mol. The number of para-hydroxylation sites is 1. The van der Waals surface area contributed by atoms with Gasteiger partial charge in [-0.05, 0) is 32.9 Å². The normalized spacial score (nSPS) is 11.0. The summed E-state index contributed by atoms with van der Waals surface area (Å²) in [6, 6.07) is 9.87. The summed E-state index contributed by atoms with van der Waals surface area (Å²) in [6.07, 6.45) is 1.10. The number of hydrogen-bond donors (Lipinski definition) is 1. The quantitative estimate of drug-likeness (QED) is 0.857. The molecule has 0 aliphatic carbocycles. The minimum absolute atomic E-state index is 0.259. The summed E-state index contributed by atoms with van der Waals surface area (Å²) in [5.74, 6) is 0. The highest BCUT2D eigenvalue weighted by atomic mass is 16.6. The van der Waals surface area contributed by atoms with E-state index in [1.165, 1.54) is 0 Å². The number of nitrogens with zero attached hydrogens (tertiary/aromatic N) is 3. The number of nitrogens with one attached hydrogen (secondary N) is 1. The summed E-state index contributed by atoms with van der Waals surface area (Å²) >= 11 is 0. The van der Waals surface area contributed by atoms with E-state index in [0.717, 1.165) is 5.69 Å². The highest BCUT2D eigenvalue weighted by Crippen LogP contribution is 2.08. The van der Waals surface area contributed by atoms with Gasteiger partial charge in [0.1, 0.15) is 18.5 Å². The van der Waals surface area contributed by atoms with Crippen LogP contribution in [0.25, 0.3) is 5.69 Å². The molecule has 0 aliphatic heterocycles. The van der Waals surface area contributed by atoms with Gasteiger partial charge in [-0.3, -0.25) is 0 Å². The van der Waals surface area contributed by atoms with Crippen LogP contribution in [0.1, 0.15) is 20.8 Å². The molecule has 2 rings (SSSR count). The molecule has 1 heterocycles. The zero-order valence-corrected chi connectivity index (χ0v) is 12.9. The predicted octanol–water partition coefficient (Wildman–Crippen LogP) is 2.17. The average Bonchev–Trinajstić information content (AvgIpc) is 2.91. The molecule has 0 aliphatic rings. The molecular weight excluding hydrogens is 284 g/mol. The minimum Gasteiger partial charge on any atom is -0.461 e. The topological polar surface area (TPSA) is 78.3 Å². The van der Waals surface area contributed by atoms with Gasteiger partial charge in [0.25, 0.3) is 0 Å². The Morgan fingerprint density at radius 3 is 2.68 bits per heavy atom. The van der Waals surface area contributed by atoms with Gasteiger partial charge < -0.3 is 14.8 Å². The van der Waals surface area contributed by atoms with Crippen LogP contribution in [-0.2, 0) is 4.74 Å². The molecule has 0 fully saturated rings. The molecule has 1 amide bonds. The van der Waals surface area contributed by atoms with Crippen molar-refractivity contribution >= 4 is 6.09 Å². The Morgan fingerprint density at radius 1 is 1.27 bits per heavy atom. The van der Waals surface area contributed by atoms with Crippen LogP contribution in [0.2, 0.25) is 0 Å². The van der Waals surface area contributed by atoms with Gasteiger partial charge >= 0.3 is 12.1 Å². The van der Waals surface area contributed by atoms with Gasteiger partial charge in [0.2, 0.25) is 0 Å². The third kappa shape index (κ3) is 5.08. The number of alkyl carbamates (subject to hydrolysis) is 1. The van der Waals surface area contributed by atoms with Crippen LogP contribution < -0.4 is 10.1 Å². The Kier molecular flexibility index (Phi) is 4.98. The van der Waals surface area contributed by atoms with Gasteiger partial charge in [-0.15, -0.1) is 5.10 Å². The first-order chi connectivity index (χ1) is 10.4. The Bertz CT molecular complexity index is 605. The fourth-order valence-corrected chi connectivity index (χ4v) is 1.63. The number of carbonyl (C=O) groups is 1. The van der Waals surface area contributed by atoms with E-state index < -0.39 is 11.7 Å². The van der Waals surface area contributed by atoms with Gasteiger partial charge in [-0.25, -0.2) is 9.48 Å². The first kappa shape index (κ1) is 15.8. The standard InChI is InChI=1S/C15H20N4O3/c1-15(2,3)22-14(20)16-9-10-21-13-17-11-19(18-13)12-7-5-4-6-8-12/h4-8,11H,9-10H2,1-3H3,(H,16,20). The highest BCUT2D eigenvalue weighted by molar-refractivity contribution is 5.67. The third-order valence-corrected chi connectivity index (χ3v) is 2.49. The Labute approximate surface area is 129 Å². The second-order valence-electron chi connectivity index (χ2n) is 5.58. The van der Waals surface area contributed by atoms with Crippen molar-refractivity contribution in [1.29, 1.82) is 0 Å². The van der Waals surface area contributed by atoms with Gasteiger partial charge in [0.15, 0.2) is 0 Å². The highest BCUT2D eigenvalue weighted by Gasteiger charge is 2.15. The van der Waals surface area contributed by atoms with Crippen LogP contribution in [-0.4, -0.2) is 39.6 Å². The van der Waals surface area contributed by atoms with Crippen molar-refractivity contribution in [2.75, 3.05) is 13.2 Å². The maximum absolute atomic E-state index is 11.4. The van der Waals surface area contributed by atoms with Crippen molar-refractivity contribution in [1.82, 2.24) is 20.1 Å². The van der Waals surface area contributed by atoms with Crippen LogP contribution >= 0.6 is 0 Å². The monoisotopic (exact) mass is 304 g/mol. The zero-order valence-electron chi connectivity index (χ0n) is 12.9. The van der Waals surface area contributed by atoms with Crippen LogP contribution in [0.15, 0.2) is 36.7 Å².